The molecule has 0 spiro atoms. The van der Waals surface area contributed by atoms with Gasteiger partial charge in [0, 0.05) is 25.2 Å². The van der Waals surface area contributed by atoms with Crippen LogP contribution in [0.15, 0.2) is 24.3 Å². The molecule has 2 aliphatic rings. The van der Waals surface area contributed by atoms with Crippen molar-refractivity contribution in [2.45, 2.75) is 44.1 Å². The van der Waals surface area contributed by atoms with Gasteiger partial charge in [0.25, 0.3) is 0 Å². The van der Waals surface area contributed by atoms with E-state index in [1.54, 1.807) is 6.07 Å². The van der Waals surface area contributed by atoms with Gasteiger partial charge in [-0.3, -0.25) is 0 Å². The van der Waals surface area contributed by atoms with Crippen molar-refractivity contribution in [1.82, 2.24) is 10.6 Å². The number of halogens is 3. The van der Waals surface area contributed by atoms with Crippen LogP contribution in [0.5, 0.6) is 0 Å². The topological polar surface area (TPSA) is 33.3 Å². The summed E-state index contributed by atoms with van der Waals surface area (Å²) in [4.78, 5) is 0. The van der Waals surface area contributed by atoms with Crippen LogP contribution in [-0.2, 0) is 17.5 Å². The van der Waals surface area contributed by atoms with E-state index in [1.807, 2.05) is 0 Å². The number of nitrogens with one attached hydrogen (secondary N) is 2. The quantitative estimate of drug-likeness (QED) is 0.891. The van der Waals surface area contributed by atoms with E-state index in [9.17, 15) is 13.2 Å². The zero-order valence-corrected chi connectivity index (χ0v) is 13.0. The molecule has 6 heteroatoms. The van der Waals surface area contributed by atoms with Crippen molar-refractivity contribution in [2.75, 3.05) is 19.8 Å². The summed E-state index contributed by atoms with van der Waals surface area (Å²) < 4.78 is 43.9. The van der Waals surface area contributed by atoms with Gasteiger partial charge in [-0.1, -0.05) is 24.6 Å². The minimum Gasteiger partial charge on any atom is -0.379 e. The number of morpholine rings is 1. The molecular weight excluding hydrogens is 305 g/mol. The number of hydrogen-bond acceptors (Lipinski definition) is 3. The third-order valence-corrected chi connectivity index (χ3v) is 4.86. The average molecular weight is 328 g/mol. The van der Waals surface area contributed by atoms with Gasteiger partial charge in [0.05, 0.1) is 18.8 Å². The van der Waals surface area contributed by atoms with E-state index in [1.165, 1.54) is 12.1 Å². The van der Waals surface area contributed by atoms with Crippen molar-refractivity contribution in [2.24, 2.45) is 5.92 Å². The third-order valence-electron chi connectivity index (χ3n) is 4.86. The molecule has 2 fully saturated rings. The Hall–Kier alpha value is -1.11. The molecule has 128 valence electrons. The van der Waals surface area contributed by atoms with Gasteiger partial charge < -0.3 is 15.4 Å². The van der Waals surface area contributed by atoms with Gasteiger partial charge in [0.2, 0.25) is 0 Å². The number of hydrogen-bond donors (Lipinski definition) is 2. The molecule has 3 nitrogen and oxygen atoms in total. The Morgan fingerprint density at radius 3 is 2.87 bits per heavy atom. The van der Waals surface area contributed by atoms with Crippen LogP contribution >= 0.6 is 0 Å². The summed E-state index contributed by atoms with van der Waals surface area (Å²) >= 11 is 0. The van der Waals surface area contributed by atoms with Crippen LogP contribution in [0, 0.1) is 5.92 Å². The van der Waals surface area contributed by atoms with Crippen LogP contribution in [0.2, 0.25) is 0 Å². The third kappa shape index (κ3) is 4.25. The fourth-order valence-corrected chi connectivity index (χ4v) is 3.69. The summed E-state index contributed by atoms with van der Waals surface area (Å²) in [6, 6.07) is 6.26. The van der Waals surface area contributed by atoms with E-state index in [-0.39, 0.29) is 0 Å². The van der Waals surface area contributed by atoms with Crippen molar-refractivity contribution < 1.29 is 17.9 Å². The van der Waals surface area contributed by atoms with Gasteiger partial charge in [0.1, 0.15) is 0 Å². The first-order valence-electron chi connectivity index (χ1n) is 8.25. The summed E-state index contributed by atoms with van der Waals surface area (Å²) in [6.07, 6.45) is -0.915. The minimum absolute atomic E-state index is 0.337. The highest BCUT2D eigenvalue weighted by Crippen LogP contribution is 2.31. The summed E-state index contributed by atoms with van der Waals surface area (Å²) in [5, 5.41) is 6.97. The van der Waals surface area contributed by atoms with E-state index in [4.69, 9.17) is 4.74 Å². The number of rotatable bonds is 4. The zero-order chi connectivity index (χ0) is 16.3. The lowest BCUT2D eigenvalue weighted by atomic mass is 9.94. The molecule has 1 aliphatic carbocycles. The Kier molecular flexibility index (Phi) is 5.24. The standard InChI is InChI=1S/C17H23F3N2O/c18-17(19,20)13-4-1-3-12(9-13)10-22-15-6-2-5-14(15)16-11-23-8-7-21-16/h1,3-4,9,14-16,21-22H,2,5-8,10-11H2. The second-order valence-corrected chi connectivity index (χ2v) is 6.42. The largest absolute Gasteiger partial charge is 0.416 e. The Bertz CT molecular complexity index is 515. The Morgan fingerprint density at radius 1 is 1.26 bits per heavy atom. The summed E-state index contributed by atoms with van der Waals surface area (Å²) in [5.74, 6) is 0.487. The van der Waals surface area contributed by atoms with Crippen LogP contribution in [0.4, 0.5) is 13.2 Å². The van der Waals surface area contributed by atoms with Crippen LogP contribution in [-0.4, -0.2) is 31.8 Å². The lowest BCUT2D eigenvalue weighted by Crippen LogP contribution is -2.50. The van der Waals surface area contributed by atoms with Gasteiger partial charge in [-0.2, -0.15) is 13.2 Å². The van der Waals surface area contributed by atoms with Crippen molar-refractivity contribution in [3.63, 3.8) is 0 Å². The Labute approximate surface area is 134 Å². The maximum absolute atomic E-state index is 12.8. The van der Waals surface area contributed by atoms with Crippen LogP contribution < -0.4 is 10.6 Å². The van der Waals surface area contributed by atoms with Crippen LogP contribution in [0.1, 0.15) is 30.4 Å². The molecule has 0 radical (unpaired) electrons. The molecular formula is C17H23F3N2O. The minimum atomic E-state index is -4.28. The Morgan fingerprint density at radius 2 is 2.13 bits per heavy atom. The highest BCUT2D eigenvalue weighted by Gasteiger charge is 2.34. The first-order chi connectivity index (χ1) is 11.0. The summed E-state index contributed by atoms with van der Waals surface area (Å²) in [6.45, 7) is 2.83. The van der Waals surface area contributed by atoms with Crippen molar-refractivity contribution in [3.8, 4) is 0 Å². The van der Waals surface area contributed by atoms with Crippen molar-refractivity contribution >= 4 is 0 Å². The van der Waals surface area contributed by atoms with E-state index in [0.29, 0.717) is 30.1 Å². The predicted octanol–water partition coefficient (Wildman–Crippen LogP) is 2.95. The SMILES string of the molecule is FC(F)(F)c1cccc(CNC2CCCC2C2COCCN2)c1. The normalized spacial score (nSPS) is 28.9. The average Bonchev–Trinajstić information content (AvgIpc) is 3.02. The molecule has 23 heavy (non-hydrogen) atoms. The molecule has 1 aliphatic heterocycles. The molecule has 0 amide bonds. The smallest absolute Gasteiger partial charge is 0.379 e. The van der Waals surface area contributed by atoms with Gasteiger partial charge in [-0.05, 0) is 30.4 Å². The first kappa shape index (κ1) is 16.7. The number of alkyl halides is 3. The lowest BCUT2D eigenvalue weighted by Gasteiger charge is -2.33. The fourth-order valence-electron chi connectivity index (χ4n) is 3.69. The summed E-state index contributed by atoms with van der Waals surface area (Å²) in [5.41, 5.74) is 0.0976. The maximum atomic E-state index is 12.8. The molecule has 3 rings (SSSR count). The number of benzene rings is 1. The fraction of sp³-hybridized carbons (Fsp3) is 0.647. The Balaban J connectivity index is 1.59. The molecule has 1 saturated heterocycles. The van der Waals surface area contributed by atoms with Crippen LogP contribution in [0.25, 0.3) is 0 Å². The molecule has 0 aromatic heterocycles. The van der Waals surface area contributed by atoms with Crippen molar-refractivity contribution in [3.05, 3.63) is 35.4 Å². The second kappa shape index (κ2) is 7.20. The van der Waals surface area contributed by atoms with E-state index >= 15 is 0 Å². The molecule has 2 N–H and O–H groups in total. The molecule has 1 aromatic rings. The van der Waals surface area contributed by atoms with Gasteiger partial charge in [-0.25, -0.2) is 0 Å². The molecule has 0 bridgehead atoms. The maximum Gasteiger partial charge on any atom is 0.416 e. The van der Waals surface area contributed by atoms with Crippen molar-refractivity contribution in [1.29, 1.82) is 0 Å². The first-order valence-corrected chi connectivity index (χ1v) is 8.25. The summed E-state index contributed by atoms with van der Waals surface area (Å²) in [7, 11) is 0. The second-order valence-electron chi connectivity index (χ2n) is 6.42. The van der Waals surface area contributed by atoms with E-state index in [2.05, 4.69) is 10.6 Å². The molecule has 1 heterocycles. The van der Waals surface area contributed by atoms with E-state index in [0.717, 1.165) is 45.1 Å². The molecule has 3 unspecified atom stereocenters. The van der Waals surface area contributed by atoms with Gasteiger partial charge >= 0.3 is 6.18 Å². The molecule has 1 saturated carbocycles. The van der Waals surface area contributed by atoms with E-state index < -0.39 is 11.7 Å². The van der Waals surface area contributed by atoms with Gasteiger partial charge in [-0.15, -0.1) is 0 Å². The highest BCUT2D eigenvalue weighted by molar-refractivity contribution is 5.25. The molecule has 1 aromatic carbocycles. The lowest BCUT2D eigenvalue weighted by molar-refractivity contribution is -0.137. The van der Waals surface area contributed by atoms with Gasteiger partial charge in [0.15, 0.2) is 0 Å². The zero-order valence-electron chi connectivity index (χ0n) is 13.0. The molecule has 3 atom stereocenters. The number of ether oxygens (including phenoxy) is 1. The predicted molar refractivity (Wildman–Crippen MR) is 82.0 cm³/mol. The van der Waals surface area contributed by atoms with Crippen LogP contribution in [0.3, 0.4) is 0 Å². The monoisotopic (exact) mass is 328 g/mol. The highest BCUT2D eigenvalue weighted by atomic mass is 19.4.